The molecule has 4 aromatic rings. The smallest absolute Gasteiger partial charge is 0.320 e. The minimum atomic E-state index is -1.50. The van der Waals surface area contributed by atoms with Crippen molar-refractivity contribution in [3.8, 4) is 0 Å². The molecule has 3 saturated heterocycles. The summed E-state index contributed by atoms with van der Waals surface area (Å²) in [5.41, 5.74) is 1.94. The van der Waals surface area contributed by atoms with Gasteiger partial charge in [0.1, 0.15) is 85.2 Å². The maximum absolute atomic E-state index is 13.6. The summed E-state index contributed by atoms with van der Waals surface area (Å²) in [5.74, 6) is -3.76. The highest BCUT2D eigenvalue weighted by Crippen LogP contribution is 2.30. The largest absolute Gasteiger partial charge is 0.480 e. The number of carboxylic acids is 1. The number of carbonyl (C=O) groups is 5. The monoisotopic (exact) mass is 1630 g/mol. The number of aliphatic carboxylic acids is 1. The van der Waals surface area contributed by atoms with Crippen molar-refractivity contribution in [2.24, 2.45) is 5.92 Å². The number of carbonyl (C=O) groups excluding carboxylic acids is 4. The Hall–Kier alpha value is -7.09. The number of aliphatic hydroxyl groups excluding tert-OH is 12. The van der Waals surface area contributed by atoms with Crippen LogP contribution in [-0.2, 0) is 128 Å². The van der Waals surface area contributed by atoms with Gasteiger partial charge in [0.15, 0.2) is 18.9 Å². The molecule has 8 rings (SSSR count). The number of aromatic nitrogens is 12. The predicted molar refractivity (Wildman–Crippen MR) is 381 cm³/mol. The van der Waals surface area contributed by atoms with Crippen molar-refractivity contribution in [2.75, 3.05) is 112 Å². The minimum absolute atomic E-state index is 0.0117. The maximum atomic E-state index is 13.6. The van der Waals surface area contributed by atoms with Gasteiger partial charge in [0.05, 0.1) is 166 Å². The number of hydrogen-bond donors (Lipinski definition) is 17. The summed E-state index contributed by atoms with van der Waals surface area (Å²) in [4.78, 5) is 64.9. The molecule has 0 bridgehead atoms. The summed E-state index contributed by atoms with van der Waals surface area (Å²) >= 11 is 0. The lowest BCUT2D eigenvalue weighted by atomic mass is 9.79. The van der Waals surface area contributed by atoms with Gasteiger partial charge >= 0.3 is 5.97 Å². The normalized spacial score (nSPS) is 28.2. The van der Waals surface area contributed by atoms with Crippen molar-refractivity contribution in [3.05, 3.63) is 47.6 Å². The fourth-order valence-electron chi connectivity index (χ4n) is 13.5. The minimum Gasteiger partial charge on any atom is -0.480 e. The number of ether oxygens (including phenoxy) is 11. The van der Waals surface area contributed by atoms with Crippen LogP contribution < -0.4 is 21.3 Å². The van der Waals surface area contributed by atoms with Crippen LogP contribution in [0.1, 0.15) is 76.2 Å². The lowest BCUT2D eigenvalue weighted by molar-refractivity contribution is -0.272. The van der Waals surface area contributed by atoms with E-state index >= 15 is 0 Å². The van der Waals surface area contributed by atoms with Crippen LogP contribution in [-0.4, -0.2) is 400 Å². The Balaban J connectivity index is 0.895. The number of unbranched alkanes of at least 4 members (excludes halogenated alkanes) is 1. The molecule has 114 heavy (non-hydrogen) atoms. The van der Waals surface area contributed by atoms with Crippen LogP contribution in [0.5, 0.6) is 0 Å². The summed E-state index contributed by atoms with van der Waals surface area (Å²) in [6, 6.07) is -5.43. The van der Waals surface area contributed by atoms with E-state index in [4.69, 9.17) is 52.1 Å². The molecule has 4 aliphatic rings. The van der Waals surface area contributed by atoms with Gasteiger partial charge < -0.3 is 140 Å². The molecule has 0 aromatic carbocycles. The van der Waals surface area contributed by atoms with Gasteiger partial charge in [-0.3, -0.25) is 33.8 Å². The molecular formula is C67H112N18O29. The van der Waals surface area contributed by atoms with Gasteiger partial charge in [0.25, 0.3) is 0 Å². The van der Waals surface area contributed by atoms with Crippen LogP contribution in [0.4, 0.5) is 0 Å². The molecule has 644 valence electrons. The number of nitrogens with one attached hydrogen (secondary N) is 4. The first-order chi connectivity index (χ1) is 54.8. The van der Waals surface area contributed by atoms with E-state index in [9.17, 15) is 90.4 Å². The molecule has 1 saturated carbocycles. The highest BCUT2D eigenvalue weighted by atomic mass is 16.7. The summed E-state index contributed by atoms with van der Waals surface area (Å²) < 4.78 is 69.5. The van der Waals surface area contributed by atoms with E-state index in [1.807, 2.05) is 4.90 Å². The van der Waals surface area contributed by atoms with Crippen LogP contribution in [0.15, 0.2) is 24.8 Å². The topological polar surface area (TPSA) is 627 Å². The standard InChI is InChI=1S/C67H112N18O29/c1-38(90)68-52-48(25-42(34-86)56(94)60(52)98)108-21-17-104-13-11-84-32-45(74-78-84)28-81(29-46-33-85(79-75-46)12-16-107-20-24-111-67-55(71-41(4)93)63(101)59(97)51(37-89)114-67)47(64(102)103)7-5-6-8-80(26-43-30-82(76-72-43)9-14-105-18-22-109-65-53(69-39(2)91)61(99)57(95)49(35-87)112-65)27-44-31-83(77-73-44)10-15-106-19-23-110-66-54(70-40(3)92)62(100)58(96)50(36-88)113-66/h30-33,42,47-63,65-67,86-89,94-101H,5-29,34-37H2,1-4H3,(H,68,90)(H,69,91)(H,70,92)(H,71,93)(H,102,103)/t42-,47+,48-,49-,50-,51-,52+,53-,54-,55-,56+,57+,58+,59+,60-,61-,62-,63-,65-,66-,67-/m1/s1. The molecule has 17 N–H and O–H groups in total. The molecule has 4 aromatic heterocycles. The van der Waals surface area contributed by atoms with Crippen LogP contribution in [0.3, 0.4) is 0 Å². The third-order valence-electron chi connectivity index (χ3n) is 19.2. The van der Waals surface area contributed by atoms with Gasteiger partial charge in [0, 0.05) is 91.2 Å². The molecular weight excluding hydrogens is 1520 g/mol. The van der Waals surface area contributed by atoms with Gasteiger partial charge in [-0.2, -0.15) is 0 Å². The number of aliphatic hydroxyl groups is 12. The zero-order valence-electron chi connectivity index (χ0n) is 64.0. The summed E-state index contributed by atoms with van der Waals surface area (Å²) in [5, 5.41) is 179. The average molecular weight is 1630 g/mol. The molecule has 47 heteroatoms. The molecule has 3 aliphatic heterocycles. The van der Waals surface area contributed by atoms with Crippen molar-refractivity contribution >= 4 is 29.6 Å². The second-order valence-corrected chi connectivity index (χ2v) is 28.0. The molecule has 7 heterocycles. The van der Waals surface area contributed by atoms with E-state index in [-0.39, 0.29) is 144 Å². The molecule has 21 atom stereocenters. The van der Waals surface area contributed by atoms with Gasteiger partial charge in [-0.05, 0) is 25.8 Å². The zero-order chi connectivity index (χ0) is 82.4. The quantitative estimate of drug-likeness (QED) is 0.0183. The van der Waals surface area contributed by atoms with E-state index in [1.165, 1.54) is 37.1 Å². The maximum Gasteiger partial charge on any atom is 0.320 e. The number of amides is 4. The van der Waals surface area contributed by atoms with Crippen LogP contribution >= 0.6 is 0 Å². The Labute approximate surface area is 654 Å². The van der Waals surface area contributed by atoms with Crippen molar-refractivity contribution in [2.45, 2.75) is 228 Å². The zero-order valence-corrected chi connectivity index (χ0v) is 64.0. The fourth-order valence-corrected chi connectivity index (χ4v) is 13.5. The highest BCUT2D eigenvalue weighted by molar-refractivity contribution is 5.75. The Morgan fingerprint density at radius 1 is 0.430 bits per heavy atom. The summed E-state index contributed by atoms with van der Waals surface area (Å²) in [7, 11) is 0. The average Bonchev–Trinajstić information content (AvgIpc) is 1.34. The van der Waals surface area contributed by atoms with Crippen molar-refractivity contribution < 1.29 is 142 Å². The Morgan fingerprint density at radius 3 is 1.08 bits per heavy atom. The van der Waals surface area contributed by atoms with E-state index in [1.54, 1.807) is 39.1 Å². The Morgan fingerprint density at radius 2 is 0.754 bits per heavy atom. The highest BCUT2D eigenvalue weighted by Gasteiger charge is 2.49. The first-order valence-electron chi connectivity index (χ1n) is 37.7. The SMILES string of the molecule is CC(=O)N[C@@H]1[C@@H](O)[C@@H](O)[C@@H](CO)C[C@H]1OCCOCCn1cc(CN(Cc2cn(CCOCCO[C@@H]3O[C@H](CO)[C@H](O)[C@H](O)[C@H]3NC(C)=O)nn2)[C@@H](CCCCN(Cc2cn(CCOCCO[C@@H]3O[C@H](CO)[C@H](O)[C@H](O)[C@H]3NC(C)=O)nn2)Cc2cn(CCOCCO[C@@H]3O[C@H](CO)[C@H](O)[C@H](O)[C@H]3NC(C)=O)nn2)C(=O)O)nn1. The number of hydrogen-bond acceptors (Lipinski definition) is 38. The second kappa shape index (κ2) is 47.3. The predicted octanol–water partition coefficient (Wildman–Crippen LogP) is -10.0. The molecule has 0 unspecified atom stereocenters. The van der Waals surface area contributed by atoms with Gasteiger partial charge in [-0.15, -0.1) is 20.4 Å². The number of nitrogens with zero attached hydrogens (tertiary/aromatic N) is 14. The third-order valence-corrected chi connectivity index (χ3v) is 19.2. The van der Waals surface area contributed by atoms with Crippen LogP contribution in [0.25, 0.3) is 0 Å². The van der Waals surface area contributed by atoms with E-state index < -0.39 is 184 Å². The molecule has 0 spiro atoms. The fraction of sp³-hybridized carbons (Fsp3) is 0.806. The van der Waals surface area contributed by atoms with Crippen molar-refractivity contribution in [1.82, 2.24) is 91.0 Å². The lowest BCUT2D eigenvalue weighted by Gasteiger charge is -2.42. The molecule has 4 amide bonds. The lowest BCUT2D eigenvalue weighted by Crippen LogP contribution is -2.64. The van der Waals surface area contributed by atoms with Crippen molar-refractivity contribution in [1.29, 1.82) is 0 Å². The third kappa shape index (κ3) is 28.3. The molecule has 1 aliphatic carbocycles. The van der Waals surface area contributed by atoms with E-state index in [0.717, 1.165) is 0 Å². The number of carboxylic acid groups (broad SMARTS) is 1. The molecule has 0 radical (unpaired) electrons. The van der Waals surface area contributed by atoms with E-state index in [2.05, 4.69) is 62.5 Å². The first kappa shape index (κ1) is 92.4. The van der Waals surface area contributed by atoms with Gasteiger partial charge in [-0.1, -0.05) is 27.3 Å². The van der Waals surface area contributed by atoms with E-state index in [0.29, 0.717) is 42.2 Å². The second-order valence-electron chi connectivity index (χ2n) is 28.0. The van der Waals surface area contributed by atoms with Crippen molar-refractivity contribution in [3.63, 3.8) is 0 Å². The number of rotatable bonds is 51. The summed E-state index contributed by atoms with van der Waals surface area (Å²) in [6.07, 6.45) is -11.5. The van der Waals surface area contributed by atoms with Gasteiger partial charge in [0.2, 0.25) is 23.6 Å². The Bertz CT molecular complexity index is 3290. The summed E-state index contributed by atoms with van der Waals surface area (Å²) in [6.45, 7) is 5.17. The molecule has 4 fully saturated rings. The molecule has 47 nitrogen and oxygen atoms in total. The van der Waals surface area contributed by atoms with Crippen LogP contribution in [0, 0.1) is 5.92 Å². The van der Waals surface area contributed by atoms with Crippen LogP contribution in [0.2, 0.25) is 0 Å². The van der Waals surface area contributed by atoms with Gasteiger partial charge in [-0.25, -0.2) is 18.7 Å². The first-order valence-corrected chi connectivity index (χ1v) is 37.7. The Kier molecular flexibility index (Phi) is 38.4.